The molecule has 0 saturated carbocycles. The minimum Gasteiger partial charge on any atom is -0.497 e. The minimum atomic E-state index is -0.893. The van der Waals surface area contributed by atoms with Gasteiger partial charge in [0.2, 0.25) is 5.91 Å². The van der Waals surface area contributed by atoms with Gasteiger partial charge in [-0.1, -0.05) is 30.4 Å². The molecular weight excluding hydrogens is 398 g/mol. The van der Waals surface area contributed by atoms with Gasteiger partial charge in [-0.15, -0.1) is 0 Å². The Kier molecular flexibility index (Phi) is 8.59. The molecule has 0 aromatic heterocycles. The number of nitrogens with one attached hydrogen (secondary N) is 1. The third-order valence-electron chi connectivity index (χ3n) is 5.65. The molecule has 1 heterocycles. The number of piperidine rings is 1. The summed E-state index contributed by atoms with van der Waals surface area (Å²) in [5.41, 5.74) is 1.70. The molecule has 31 heavy (non-hydrogen) atoms. The van der Waals surface area contributed by atoms with Gasteiger partial charge in [0.15, 0.2) is 11.6 Å². The highest BCUT2D eigenvalue weighted by molar-refractivity contribution is 5.75. The van der Waals surface area contributed by atoms with Crippen molar-refractivity contribution in [2.75, 3.05) is 26.7 Å². The van der Waals surface area contributed by atoms with Crippen LogP contribution in [0.25, 0.3) is 6.08 Å². The highest BCUT2D eigenvalue weighted by Crippen LogP contribution is 2.21. The van der Waals surface area contributed by atoms with Gasteiger partial charge in [-0.25, -0.2) is 8.78 Å². The Balaban J connectivity index is 1.37. The van der Waals surface area contributed by atoms with Gasteiger partial charge in [-0.05, 0) is 67.1 Å². The van der Waals surface area contributed by atoms with Gasteiger partial charge in [0.1, 0.15) is 5.75 Å². The number of halogens is 2. The quantitative estimate of drug-likeness (QED) is 0.624. The third kappa shape index (κ3) is 7.47. The van der Waals surface area contributed by atoms with Crippen molar-refractivity contribution in [1.82, 2.24) is 10.2 Å². The number of rotatable bonds is 9. The second-order valence-electron chi connectivity index (χ2n) is 8.01. The molecule has 4 nitrogen and oxygen atoms in total. The molecule has 0 aliphatic carbocycles. The second-order valence-corrected chi connectivity index (χ2v) is 8.01. The lowest BCUT2D eigenvalue weighted by molar-refractivity contribution is -0.121. The Morgan fingerprint density at radius 3 is 2.74 bits per heavy atom. The predicted octanol–water partition coefficient (Wildman–Crippen LogP) is 4.80. The number of hydrogen-bond donors (Lipinski definition) is 1. The zero-order chi connectivity index (χ0) is 22.1. The van der Waals surface area contributed by atoms with Crippen LogP contribution in [0, 0.1) is 17.6 Å². The lowest BCUT2D eigenvalue weighted by atomic mass is 9.93. The summed E-state index contributed by atoms with van der Waals surface area (Å²) in [6, 6.07) is 11.7. The highest BCUT2D eigenvalue weighted by Gasteiger charge is 2.19. The molecule has 0 unspecified atom stereocenters. The summed E-state index contributed by atoms with van der Waals surface area (Å²) in [5.74, 6) is -0.478. The smallest absolute Gasteiger partial charge is 0.220 e. The van der Waals surface area contributed by atoms with E-state index >= 15 is 0 Å². The molecule has 3 rings (SSSR count). The van der Waals surface area contributed by atoms with Crippen LogP contribution in [0.5, 0.6) is 5.75 Å². The van der Waals surface area contributed by atoms with E-state index in [9.17, 15) is 13.6 Å². The number of methoxy groups -OCH3 is 1. The number of benzene rings is 2. The van der Waals surface area contributed by atoms with E-state index < -0.39 is 11.6 Å². The van der Waals surface area contributed by atoms with E-state index in [1.807, 2.05) is 24.3 Å². The zero-order valence-electron chi connectivity index (χ0n) is 17.9. The van der Waals surface area contributed by atoms with Crippen molar-refractivity contribution < 1.29 is 18.3 Å². The first-order valence-corrected chi connectivity index (χ1v) is 10.8. The molecule has 1 amide bonds. The minimum absolute atomic E-state index is 0.0544. The molecule has 1 fully saturated rings. The SMILES string of the molecule is COc1ccc(/C=C/CN2CCC[C@@H](CCC(=O)NCc3ccc(F)c(F)c3)C2)cc1. The van der Waals surface area contributed by atoms with Crippen molar-refractivity contribution in [3.05, 3.63) is 71.3 Å². The monoisotopic (exact) mass is 428 g/mol. The second kappa shape index (κ2) is 11.6. The molecule has 166 valence electrons. The number of nitrogens with zero attached hydrogens (tertiary/aromatic N) is 1. The van der Waals surface area contributed by atoms with Crippen LogP contribution >= 0.6 is 0 Å². The third-order valence-corrected chi connectivity index (χ3v) is 5.65. The van der Waals surface area contributed by atoms with Crippen LogP contribution in [0.4, 0.5) is 8.78 Å². The van der Waals surface area contributed by atoms with E-state index in [2.05, 4.69) is 22.4 Å². The average molecular weight is 429 g/mol. The van der Waals surface area contributed by atoms with Crippen LogP contribution in [-0.4, -0.2) is 37.6 Å². The first-order chi connectivity index (χ1) is 15.0. The molecular formula is C25H30F2N2O2. The van der Waals surface area contributed by atoms with Gasteiger partial charge in [0.05, 0.1) is 7.11 Å². The normalized spacial score (nSPS) is 17.1. The number of likely N-dealkylation sites (tertiary alicyclic amines) is 1. The average Bonchev–Trinajstić information content (AvgIpc) is 2.79. The Morgan fingerprint density at radius 1 is 1.19 bits per heavy atom. The maximum Gasteiger partial charge on any atom is 0.220 e. The first-order valence-electron chi connectivity index (χ1n) is 10.8. The molecule has 2 aromatic carbocycles. The number of amides is 1. The lowest BCUT2D eigenvalue weighted by Crippen LogP contribution is -2.36. The van der Waals surface area contributed by atoms with Crippen molar-refractivity contribution in [3.63, 3.8) is 0 Å². The van der Waals surface area contributed by atoms with Crippen molar-refractivity contribution in [3.8, 4) is 5.75 Å². The topological polar surface area (TPSA) is 41.6 Å². The maximum absolute atomic E-state index is 13.2. The van der Waals surface area contributed by atoms with Crippen LogP contribution in [-0.2, 0) is 11.3 Å². The van der Waals surface area contributed by atoms with Gasteiger partial charge in [-0.2, -0.15) is 0 Å². The van der Waals surface area contributed by atoms with Crippen molar-refractivity contribution >= 4 is 12.0 Å². The number of carbonyl (C=O) groups excluding carboxylic acids is 1. The number of hydrogen-bond acceptors (Lipinski definition) is 3. The largest absolute Gasteiger partial charge is 0.497 e. The van der Waals surface area contributed by atoms with Gasteiger partial charge in [0, 0.05) is 26.1 Å². The van der Waals surface area contributed by atoms with Gasteiger partial charge >= 0.3 is 0 Å². The van der Waals surface area contributed by atoms with Crippen molar-refractivity contribution in [2.45, 2.75) is 32.2 Å². The molecule has 1 aliphatic heterocycles. The lowest BCUT2D eigenvalue weighted by Gasteiger charge is -2.31. The van der Waals surface area contributed by atoms with Crippen molar-refractivity contribution in [2.24, 2.45) is 5.92 Å². The van der Waals surface area contributed by atoms with Crippen LogP contribution in [0.15, 0.2) is 48.5 Å². The fourth-order valence-corrected chi connectivity index (χ4v) is 3.88. The number of carbonyl (C=O) groups is 1. The van der Waals surface area contributed by atoms with Crippen LogP contribution in [0.1, 0.15) is 36.8 Å². The molecule has 0 spiro atoms. The Labute approximate surface area is 182 Å². The zero-order valence-corrected chi connectivity index (χ0v) is 17.9. The fraction of sp³-hybridized carbons (Fsp3) is 0.400. The molecule has 2 aromatic rings. The van der Waals surface area contributed by atoms with E-state index in [4.69, 9.17) is 4.74 Å². The molecule has 0 radical (unpaired) electrons. The number of ether oxygens (including phenoxy) is 1. The van der Waals surface area contributed by atoms with Crippen LogP contribution in [0.2, 0.25) is 0 Å². The standard InChI is InChI=1S/C25H30F2N2O2/c1-31-22-10-6-19(7-11-22)4-2-14-29-15-3-5-20(18-29)9-13-25(30)28-17-21-8-12-23(26)24(27)16-21/h2,4,6-8,10-12,16,20H,3,5,9,13-15,17-18H2,1H3,(H,28,30)/b4-2+/t20-/m0/s1. The van der Waals surface area contributed by atoms with Crippen LogP contribution < -0.4 is 10.1 Å². The summed E-state index contributed by atoms with van der Waals surface area (Å²) in [5, 5.41) is 2.80. The Bertz CT molecular complexity index is 884. The summed E-state index contributed by atoms with van der Waals surface area (Å²) < 4.78 is 31.4. The van der Waals surface area contributed by atoms with E-state index in [0.29, 0.717) is 17.9 Å². The molecule has 1 atom stereocenters. The highest BCUT2D eigenvalue weighted by atomic mass is 19.2. The summed E-state index contributed by atoms with van der Waals surface area (Å²) in [6.07, 6.45) is 7.85. The van der Waals surface area contributed by atoms with Gasteiger partial charge in [-0.3, -0.25) is 9.69 Å². The van der Waals surface area contributed by atoms with Gasteiger partial charge in [0.25, 0.3) is 0 Å². The fourth-order valence-electron chi connectivity index (χ4n) is 3.88. The summed E-state index contributed by atoms with van der Waals surface area (Å²) in [7, 11) is 1.66. The van der Waals surface area contributed by atoms with Crippen molar-refractivity contribution in [1.29, 1.82) is 0 Å². The van der Waals surface area contributed by atoms with Gasteiger partial charge < -0.3 is 10.1 Å². The first kappa shape index (κ1) is 22.9. The molecule has 6 heteroatoms. The van der Waals surface area contributed by atoms with E-state index in [0.717, 1.165) is 62.3 Å². The summed E-state index contributed by atoms with van der Waals surface area (Å²) in [4.78, 5) is 14.6. The Hall–Kier alpha value is -2.73. The van der Waals surface area contributed by atoms with Crippen LogP contribution in [0.3, 0.4) is 0 Å². The van der Waals surface area contributed by atoms with E-state index in [1.54, 1.807) is 7.11 Å². The summed E-state index contributed by atoms with van der Waals surface area (Å²) >= 11 is 0. The Morgan fingerprint density at radius 2 is 2.00 bits per heavy atom. The molecule has 0 bridgehead atoms. The molecule has 1 N–H and O–H groups in total. The molecule has 1 saturated heterocycles. The maximum atomic E-state index is 13.2. The molecule has 1 aliphatic rings. The van der Waals surface area contributed by atoms with E-state index in [-0.39, 0.29) is 12.5 Å². The summed E-state index contributed by atoms with van der Waals surface area (Å²) in [6.45, 7) is 3.17. The predicted molar refractivity (Wildman–Crippen MR) is 119 cm³/mol. The van der Waals surface area contributed by atoms with E-state index in [1.165, 1.54) is 6.07 Å².